The Morgan fingerprint density at radius 2 is 1.71 bits per heavy atom. The van der Waals surface area contributed by atoms with E-state index in [0.29, 0.717) is 0 Å². The van der Waals surface area contributed by atoms with Gasteiger partial charge in [0.25, 0.3) is 0 Å². The molecule has 0 aromatic carbocycles. The second-order valence-corrected chi connectivity index (χ2v) is 2.93. The van der Waals surface area contributed by atoms with Crippen molar-refractivity contribution in [3.05, 3.63) is 0 Å². The van der Waals surface area contributed by atoms with Gasteiger partial charge < -0.3 is 0 Å². The van der Waals surface area contributed by atoms with Crippen molar-refractivity contribution in [3.63, 3.8) is 0 Å². The van der Waals surface area contributed by atoms with Crippen LogP contribution in [0.1, 0.15) is 13.8 Å². The zero-order chi connectivity index (χ0) is 5.44. The molecule has 0 aromatic rings. The predicted octanol–water partition coefficient (Wildman–Crippen LogP) is 1.82. The first-order valence-corrected chi connectivity index (χ1v) is 3.51. The SMILES string of the molecule is CC1C(C)C1CS. The van der Waals surface area contributed by atoms with E-state index in [-0.39, 0.29) is 0 Å². The standard InChI is InChI=1S/C6H12S/c1-4-5(2)6(4)3-7/h4-7H,3H2,1-2H3. The zero-order valence-electron chi connectivity index (χ0n) is 4.89. The quantitative estimate of drug-likeness (QED) is 0.496. The monoisotopic (exact) mass is 116 g/mol. The Morgan fingerprint density at radius 1 is 1.29 bits per heavy atom. The van der Waals surface area contributed by atoms with Crippen LogP contribution >= 0.6 is 12.6 Å². The minimum Gasteiger partial charge on any atom is -0.179 e. The van der Waals surface area contributed by atoms with Crippen molar-refractivity contribution in [2.45, 2.75) is 13.8 Å². The fourth-order valence-electron chi connectivity index (χ4n) is 1.10. The smallest absolute Gasteiger partial charge is 0.00642 e. The van der Waals surface area contributed by atoms with Crippen LogP contribution in [-0.4, -0.2) is 5.75 Å². The van der Waals surface area contributed by atoms with Crippen molar-refractivity contribution < 1.29 is 0 Å². The fraction of sp³-hybridized carbons (Fsp3) is 1.00. The molecule has 1 aliphatic rings. The van der Waals surface area contributed by atoms with Crippen LogP contribution in [0, 0.1) is 17.8 Å². The molecule has 0 heterocycles. The average Bonchev–Trinajstić information content (AvgIpc) is 2.17. The van der Waals surface area contributed by atoms with Gasteiger partial charge >= 0.3 is 0 Å². The van der Waals surface area contributed by atoms with Gasteiger partial charge in [0.05, 0.1) is 0 Å². The normalized spacial score (nSPS) is 49.3. The van der Waals surface area contributed by atoms with Crippen molar-refractivity contribution in [1.29, 1.82) is 0 Å². The zero-order valence-corrected chi connectivity index (χ0v) is 5.78. The van der Waals surface area contributed by atoms with Crippen LogP contribution in [0.25, 0.3) is 0 Å². The van der Waals surface area contributed by atoms with Crippen LogP contribution in [0.5, 0.6) is 0 Å². The van der Waals surface area contributed by atoms with Gasteiger partial charge in [-0.2, -0.15) is 12.6 Å². The highest BCUT2D eigenvalue weighted by molar-refractivity contribution is 7.80. The van der Waals surface area contributed by atoms with Gasteiger partial charge in [0.1, 0.15) is 0 Å². The Labute approximate surface area is 50.7 Å². The molecule has 0 spiro atoms. The van der Waals surface area contributed by atoms with E-state index in [4.69, 9.17) is 0 Å². The summed E-state index contributed by atoms with van der Waals surface area (Å²) >= 11 is 4.20. The summed E-state index contributed by atoms with van der Waals surface area (Å²) < 4.78 is 0. The van der Waals surface area contributed by atoms with Gasteiger partial charge in [0.15, 0.2) is 0 Å². The highest BCUT2D eigenvalue weighted by atomic mass is 32.1. The topological polar surface area (TPSA) is 0 Å². The number of hydrogen-bond donors (Lipinski definition) is 1. The summed E-state index contributed by atoms with van der Waals surface area (Å²) in [5.41, 5.74) is 0. The second-order valence-electron chi connectivity index (χ2n) is 2.56. The van der Waals surface area contributed by atoms with E-state index in [2.05, 4.69) is 26.5 Å². The lowest BCUT2D eigenvalue weighted by Gasteiger charge is -1.80. The molecule has 0 bridgehead atoms. The van der Waals surface area contributed by atoms with Gasteiger partial charge in [0, 0.05) is 0 Å². The van der Waals surface area contributed by atoms with Crippen molar-refractivity contribution in [2.24, 2.45) is 17.8 Å². The summed E-state index contributed by atoms with van der Waals surface area (Å²) in [6.07, 6.45) is 0. The number of hydrogen-bond acceptors (Lipinski definition) is 1. The van der Waals surface area contributed by atoms with Gasteiger partial charge in [-0.1, -0.05) is 13.8 Å². The van der Waals surface area contributed by atoms with E-state index in [1.807, 2.05) is 0 Å². The first-order chi connectivity index (χ1) is 3.27. The highest BCUT2D eigenvalue weighted by Gasteiger charge is 2.40. The molecule has 1 fully saturated rings. The first kappa shape index (κ1) is 5.49. The summed E-state index contributed by atoms with van der Waals surface area (Å²) in [5, 5.41) is 0. The van der Waals surface area contributed by atoms with Gasteiger partial charge in [-0.3, -0.25) is 0 Å². The van der Waals surface area contributed by atoms with Crippen molar-refractivity contribution in [2.75, 3.05) is 5.75 Å². The molecule has 2 unspecified atom stereocenters. The van der Waals surface area contributed by atoms with E-state index < -0.39 is 0 Å². The number of rotatable bonds is 1. The third-order valence-corrected chi connectivity index (χ3v) is 2.67. The summed E-state index contributed by atoms with van der Waals surface area (Å²) in [6.45, 7) is 4.59. The van der Waals surface area contributed by atoms with E-state index in [9.17, 15) is 0 Å². The van der Waals surface area contributed by atoms with Crippen molar-refractivity contribution in [3.8, 4) is 0 Å². The van der Waals surface area contributed by atoms with Gasteiger partial charge in [-0.25, -0.2) is 0 Å². The largest absolute Gasteiger partial charge is 0.179 e. The fourth-order valence-corrected chi connectivity index (χ4v) is 1.76. The molecule has 0 nitrogen and oxygen atoms in total. The minimum absolute atomic E-state index is 0.934. The van der Waals surface area contributed by atoms with E-state index in [0.717, 1.165) is 23.5 Å². The molecule has 7 heavy (non-hydrogen) atoms. The Bertz CT molecular complexity index is 62.6. The lowest BCUT2D eigenvalue weighted by molar-refractivity contribution is 0.834. The Morgan fingerprint density at radius 3 is 1.71 bits per heavy atom. The molecule has 0 N–H and O–H groups in total. The van der Waals surface area contributed by atoms with Crippen LogP contribution in [0.3, 0.4) is 0 Å². The summed E-state index contributed by atoms with van der Waals surface area (Å²) in [6, 6.07) is 0. The molecule has 1 aliphatic carbocycles. The molecular weight excluding hydrogens is 104 g/mol. The Balaban J connectivity index is 2.24. The van der Waals surface area contributed by atoms with Gasteiger partial charge in [-0.05, 0) is 23.5 Å². The average molecular weight is 116 g/mol. The van der Waals surface area contributed by atoms with Crippen LogP contribution in [-0.2, 0) is 0 Å². The lowest BCUT2D eigenvalue weighted by atomic mass is 10.4. The molecule has 2 atom stereocenters. The van der Waals surface area contributed by atoms with Crippen molar-refractivity contribution in [1.82, 2.24) is 0 Å². The molecule has 0 amide bonds. The second kappa shape index (κ2) is 1.70. The maximum atomic E-state index is 4.20. The molecular formula is C6H12S. The number of thiol groups is 1. The van der Waals surface area contributed by atoms with Crippen LogP contribution < -0.4 is 0 Å². The van der Waals surface area contributed by atoms with E-state index >= 15 is 0 Å². The predicted molar refractivity (Wildman–Crippen MR) is 35.7 cm³/mol. The molecule has 1 saturated carbocycles. The van der Waals surface area contributed by atoms with Crippen LogP contribution in [0.4, 0.5) is 0 Å². The van der Waals surface area contributed by atoms with Crippen molar-refractivity contribution >= 4 is 12.6 Å². The van der Waals surface area contributed by atoms with Crippen LogP contribution in [0.15, 0.2) is 0 Å². The molecule has 0 saturated heterocycles. The maximum absolute atomic E-state index is 4.20. The highest BCUT2D eigenvalue weighted by Crippen LogP contribution is 2.45. The minimum atomic E-state index is 0.934. The van der Waals surface area contributed by atoms with Crippen LogP contribution in [0.2, 0.25) is 0 Å². The summed E-state index contributed by atoms with van der Waals surface area (Å²) in [7, 11) is 0. The molecule has 1 heteroatoms. The van der Waals surface area contributed by atoms with Gasteiger partial charge in [-0.15, -0.1) is 0 Å². The molecule has 0 radical (unpaired) electrons. The maximum Gasteiger partial charge on any atom is -0.00642 e. The first-order valence-electron chi connectivity index (χ1n) is 2.88. The lowest BCUT2D eigenvalue weighted by Crippen LogP contribution is -1.76. The molecule has 1 rings (SSSR count). The van der Waals surface area contributed by atoms with E-state index in [1.165, 1.54) is 0 Å². The molecule has 0 aliphatic heterocycles. The van der Waals surface area contributed by atoms with E-state index in [1.54, 1.807) is 0 Å². The Kier molecular flexibility index (Phi) is 1.33. The van der Waals surface area contributed by atoms with Gasteiger partial charge in [0.2, 0.25) is 0 Å². The summed E-state index contributed by atoms with van der Waals surface area (Å²) in [5.74, 6) is 3.93. The Hall–Kier alpha value is 0.350. The third-order valence-electron chi connectivity index (χ3n) is 2.25. The molecule has 0 aromatic heterocycles. The molecule has 42 valence electrons. The summed E-state index contributed by atoms with van der Waals surface area (Å²) in [4.78, 5) is 0. The third kappa shape index (κ3) is 0.788.